The number of halogens is 1. The van der Waals surface area contributed by atoms with Crippen molar-refractivity contribution in [2.24, 2.45) is 0 Å². The van der Waals surface area contributed by atoms with Crippen LogP contribution >= 0.6 is 15.9 Å². The standard InChI is InChI=1S/C15H18BrNO2/c1-11(18)9-17(2)10-14-7-8-15(19-14)12-3-5-13(16)6-4-12/h3-8,11,18H,9-10H2,1-2H3. The molecule has 2 aromatic rings. The normalized spacial score (nSPS) is 12.9. The van der Waals surface area contributed by atoms with E-state index in [1.807, 2.05) is 48.3 Å². The molecule has 0 aliphatic heterocycles. The lowest BCUT2D eigenvalue weighted by Gasteiger charge is -2.16. The molecule has 0 bridgehead atoms. The Balaban J connectivity index is 2.04. The Morgan fingerprint density at radius 1 is 1.21 bits per heavy atom. The summed E-state index contributed by atoms with van der Waals surface area (Å²) in [5.41, 5.74) is 1.06. The van der Waals surface area contributed by atoms with E-state index in [0.717, 1.165) is 21.6 Å². The van der Waals surface area contributed by atoms with Gasteiger partial charge in [-0.05, 0) is 38.2 Å². The molecule has 1 heterocycles. The molecule has 0 amide bonds. The predicted octanol–water partition coefficient (Wildman–Crippen LogP) is 3.52. The number of furan rings is 1. The molecule has 1 aromatic heterocycles. The van der Waals surface area contributed by atoms with Crippen LogP contribution in [0, 0.1) is 0 Å². The Bertz CT molecular complexity index is 519. The molecule has 1 unspecified atom stereocenters. The predicted molar refractivity (Wildman–Crippen MR) is 79.9 cm³/mol. The fraction of sp³-hybridized carbons (Fsp3) is 0.333. The molecule has 0 saturated carbocycles. The second-order valence-electron chi connectivity index (χ2n) is 4.82. The highest BCUT2D eigenvalue weighted by Gasteiger charge is 2.08. The zero-order chi connectivity index (χ0) is 13.8. The molecular weight excluding hydrogens is 306 g/mol. The Morgan fingerprint density at radius 3 is 2.53 bits per heavy atom. The van der Waals surface area contributed by atoms with Crippen LogP contribution in [0.15, 0.2) is 45.3 Å². The van der Waals surface area contributed by atoms with Gasteiger partial charge in [0, 0.05) is 16.6 Å². The maximum absolute atomic E-state index is 9.33. The van der Waals surface area contributed by atoms with Crippen molar-refractivity contribution in [3.05, 3.63) is 46.6 Å². The van der Waals surface area contributed by atoms with E-state index in [0.29, 0.717) is 13.1 Å². The van der Waals surface area contributed by atoms with Crippen molar-refractivity contribution < 1.29 is 9.52 Å². The first-order valence-electron chi connectivity index (χ1n) is 6.26. The van der Waals surface area contributed by atoms with Crippen LogP contribution in [0.4, 0.5) is 0 Å². The fourth-order valence-corrected chi connectivity index (χ4v) is 2.28. The number of benzene rings is 1. The van der Waals surface area contributed by atoms with Crippen LogP contribution in [-0.2, 0) is 6.54 Å². The van der Waals surface area contributed by atoms with Gasteiger partial charge in [0.05, 0.1) is 12.6 Å². The highest BCUT2D eigenvalue weighted by Crippen LogP contribution is 2.24. The molecule has 1 N–H and O–H groups in total. The molecule has 19 heavy (non-hydrogen) atoms. The van der Waals surface area contributed by atoms with Gasteiger partial charge in [-0.3, -0.25) is 4.90 Å². The molecule has 0 radical (unpaired) electrons. The van der Waals surface area contributed by atoms with Gasteiger partial charge >= 0.3 is 0 Å². The summed E-state index contributed by atoms with van der Waals surface area (Å²) < 4.78 is 6.88. The average Bonchev–Trinajstić information content (AvgIpc) is 2.77. The lowest BCUT2D eigenvalue weighted by molar-refractivity contribution is 0.134. The third-order valence-corrected chi connectivity index (χ3v) is 3.32. The van der Waals surface area contributed by atoms with Crippen LogP contribution in [-0.4, -0.2) is 29.7 Å². The van der Waals surface area contributed by atoms with E-state index in [4.69, 9.17) is 4.42 Å². The quantitative estimate of drug-likeness (QED) is 0.914. The number of hydrogen-bond donors (Lipinski definition) is 1. The molecule has 1 atom stereocenters. The minimum absolute atomic E-state index is 0.328. The van der Waals surface area contributed by atoms with E-state index in [2.05, 4.69) is 15.9 Å². The van der Waals surface area contributed by atoms with Gasteiger partial charge in [0.15, 0.2) is 0 Å². The van der Waals surface area contributed by atoms with Crippen molar-refractivity contribution in [1.82, 2.24) is 4.90 Å². The topological polar surface area (TPSA) is 36.6 Å². The largest absolute Gasteiger partial charge is 0.460 e. The average molecular weight is 324 g/mol. The van der Waals surface area contributed by atoms with E-state index in [1.165, 1.54) is 0 Å². The lowest BCUT2D eigenvalue weighted by Crippen LogP contribution is -2.26. The summed E-state index contributed by atoms with van der Waals surface area (Å²) in [7, 11) is 1.97. The number of aliphatic hydroxyl groups excluding tert-OH is 1. The summed E-state index contributed by atoms with van der Waals surface area (Å²) >= 11 is 3.42. The number of hydrogen-bond acceptors (Lipinski definition) is 3. The minimum atomic E-state index is -0.328. The van der Waals surface area contributed by atoms with Crippen molar-refractivity contribution >= 4 is 15.9 Å². The molecule has 102 valence electrons. The Kier molecular flexibility index (Phi) is 4.80. The third kappa shape index (κ3) is 4.20. The SMILES string of the molecule is CC(O)CN(C)Cc1ccc(-c2ccc(Br)cc2)o1. The van der Waals surface area contributed by atoms with Crippen LogP contribution in [0.1, 0.15) is 12.7 Å². The fourth-order valence-electron chi connectivity index (χ4n) is 2.01. The number of aliphatic hydroxyl groups is 1. The zero-order valence-electron chi connectivity index (χ0n) is 11.1. The molecule has 4 heteroatoms. The monoisotopic (exact) mass is 323 g/mol. The molecule has 3 nitrogen and oxygen atoms in total. The zero-order valence-corrected chi connectivity index (χ0v) is 12.7. The second-order valence-corrected chi connectivity index (χ2v) is 5.73. The van der Waals surface area contributed by atoms with Crippen LogP contribution in [0.2, 0.25) is 0 Å². The summed E-state index contributed by atoms with van der Waals surface area (Å²) in [6.45, 7) is 3.11. The van der Waals surface area contributed by atoms with E-state index in [9.17, 15) is 5.11 Å². The molecule has 1 aromatic carbocycles. The summed E-state index contributed by atoms with van der Waals surface area (Å²) in [4.78, 5) is 2.04. The molecule has 0 aliphatic rings. The van der Waals surface area contributed by atoms with Gasteiger partial charge in [0.25, 0.3) is 0 Å². The van der Waals surface area contributed by atoms with Crippen molar-refractivity contribution in [3.8, 4) is 11.3 Å². The van der Waals surface area contributed by atoms with Gasteiger partial charge < -0.3 is 9.52 Å². The van der Waals surface area contributed by atoms with Crippen molar-refractivity contribution in [3.63, 3.8) is 0 Å². The van der Waals surface area contributed by atoms with E-state index < -0.39 is 0 Å². The number of rotatable bonds is 5. The first-order valence-corrected chi connectivity index (χ1v) is 7.05. The summed E-state index contributed by atoms with van der Waals surface area (Å²) in [6, 6.07) is 12.0. The lowest BCUT2D eigenvalue weighted by atomic mass is 10.2. The molecule has 2 rings (SSSR count). The molecule has 0 aliphatic carbocycles. The highest BCUT2D eigenvalue weighted by atomic mass is 79.9. The number of nitrogens with zero attached hydrogens (tertiary/aromatic N) is 1. The smallest absolute Gasteiger partial charge is 0.134 e. The van der Waals surface area contributed by atoms with Crippen molar-refractivity contribution in [2.75, 3.05) is 13.6 Å². The van der Waals surface area contributed by atoms with Gasteiger partial charge in [-0.15, -0.1) is 0 Å². The van der Waals surface area contributed by atoms with Gasteiger partial charge in [-0.1, -0.05) is 28.1 Å². The first-order chi connectivity index (χ1) is 9.04. The maximum atomic E-state index is 9.33. The van der Waals surface area contributed by atoms with Crippen LogP contribution < -0.4 is 0 Å². The molecule has 0 spiro atoms. The van der Waals surface area contributed by atoms with Gasteiger partial charge in [0.2, 0.25) is 0 Å². The van der Waals surface area contributed by atoms with Crippen LogP contribution in [0.3, 0.4) is 0 Å². The molecule has 0 fully saturated rings. The number of likely N-dealkylation sites (N-methyl/N-ethyl adjacent to an activating group) is 1. The minimum Gasteiger partial charge on any atom is -0.460 e. The summed E-state index contributed by atoms with van der Waals surface area (Å²) in [5.74, 6) is 1.77. The van der Waals surface area contributed by atoms with Gasteiger partial charge in [0.1, 0.15) is 11.5 Å². The Morgan fingerprint density at radius 2 is 1.89 bits per heavy atom. The summed E-state index contributed by atoms with van der Waals surface area (Å²) in [5, 5.41) is 9.33. The second kappa shape index (κ2) is 6.37. The van der Waals surface area contributed by atoms with Gasteiger partial charge in [-0.25, -0.2) is 0 Å². The first kappa shape index (κ1) is 14.3. The maximum Gasteiger partial charge on any atom is 0.134 e. The Labute approximate surface area is 122 Å². The Hall–Kier alpha value is -1.10. The van der Waals surface area contributed by atoms with Crippen LogP contribution in [0.25, 0.3) is 11.3 Å². The molecular formula is C15H18BrNO2. The van der Waals surface area contributed by atoms with E-state index in [1.54, 1.807) is 6.92 Å². The van der Waals surface area contributed by atoms with E-state index in [-0.39, 0.29) is 6.10 Å². The molecule has 0 saturated heterocycles. The van der Waals surface area contributed by atoms with E-state index >= 15 is 0 Å². The van der Waals surface area contributed by atoms with Crippen molar-refractivity contribution in [1.29, 1.82) is 0 Å². The van der Waals surface area contributed by atoms with Crippen molar-refractivity contribution in [2.45, 2.75) is 19.6 Å². The summed E-state index contributed by atoms with van der Waals surface area (Å²) in [6.07, 6.45) is -0.328. The third-order valence-electron chi connectivity index (χ3n) is 2.79. The van der Waals surface area contributed by atoms with Gasteiger partial charge in [-0.2, -0.15) is 0 Å². The highest BCUT2D eigenvalue weighted by molar-refractivity contribution is 9.10. The van der Waals surface area contributed by atoms with Crippen LogP contribution in [0.5, 0.6) is 0 Å².